The van der Waals surface area contributed by atoms with Crippen molar-refractivity contribution < 1.29 is 24.2 Å². The number of rotatable bonds is 16. The van der Waals surface area contributed by atoms with Gasteiger partial charge in [0.15, 0.2) is 0 Å². The lowest BCUT2D eigenvalue weighted by atomic mass is 10.0. The molecule has 0 heterocycles. The lowest BCUT2D eigenvalue weighted by Gasteiger charge is -2.21. The zero-order valence-corrected chi connectivity index (χ0v) is 21.1. The van der Waals surface area contributed by atoms with E-state index in [9.17, 15) is 9.59 Å². The maximum atomic E-state index is 12.7. The smallest absolute Gasteiger partial charge is 0.303 e. The van der Waals surface area contributed by atoms with Crippen LogP contribution in [0.15, 0.2) is 84.9 Å². The van der Waals surface area contributed by atoms with Gasteiger partial charge in [-0.1, -0.05) is 72.8 Å². The molecule has 3 rings (SSSR count). The van der Waals surface area contributed by atoms with Crippen LogP contribution in [0.3, 0.4) is 0 Å². The van der Waals surface area contributed by atoms with E-state index < -0.39 is 12.0 Å². The number of carbonyl (C=O) groups is 2. The van der Waals surface area contributed by atoms with Crippen LogP contribution >= 0.6 is 0 Å². The molecule has 1 unspecified atom stereocenters. The molecule has 0 aliphatic rings. The van der Waals surface area contributed by atoms with E-state index in [1.165, 1.54) is 5.56 Å². The molecule has 3 aromatic carbocycles. The van der Waals surface area contributed by atoms with Gasteiger partial charge in [0.25, 0.3) is 0 Å². The van der Waals surface area contributed by atoms with Gasteiger partial charge >= 0.3 is 5.97 Å². The number of benzene rings is 3. The van der Waals surface area contributed by atoms with Crippen molar-refractivity contribution in [2.45, 2.75) is 50.8 Å². The largest absolute Gasteiger partial charge is 0.489 e. The lowest BCUT2D eigenvalue weighted by Crippen LogP contribution is -2.48. The molecule has 2 atom stereocenters. The van der Waals surface area contributed by atoms with Gasteiger partial charge in [0.2, 0.25) is 5.91 Å². The number of carboxylic acid groups (broad SMARTS) is 1. The number of ether oxygens (including phenoxy) is 2. The maximum Gasteiger partial charge on any atom is 0.303 e. The molecular formula is C30H36N2O5. The topological polar surface area (TPSA) is 111 Å². The van der Waals surface area contributed by atoms with Crippen molar-refractivity contribution >= 4 is 11.9 Å². The Morgan fingerprint density at radius 3 is 2.16 bits per heavy atom. The predicted octanol–water partition coefficient (Wildman–Crippen LogP) is 4.13. The van der Waals surface area contributed by atoms with E-state index in [0.29, 0.717) is 26.1 Å². The van der Waals surface area contributed by atoms with Gasteiger partial charge in [0.1, 0.15) is 18.4 Å². The van der Waals surface area contributed by atoms with E-state index in [2.05, 4.69) is 17.4 Å². The molecule has 0 aliphatic heterocycles. The fourth-order valence-corrected chi connectivity index (χ4v) is 3.89. The van der Waals surface area contributed by atoms with Crippen LogP contribution in [-0.2, 0) is 33.8 Å². The Kier molecular flexibility index (Phi) is 11.6. The van der Waals surface area contributed by atoms with Crippen LogP contribution in [0.25, 0.3) is 0 Å². The van der Waals surface area contributed by atoms with Crippen LogP contribution in [0.4, 0.5) is 0 Å². The minimum Gasteiger partial charge on any atom is -0.489 e. The summed E-state index contributed by atoms with van der Waals surface area (Å²) in [7, 11) is 0. The monoisotopic (exact) mass is 504 g/mol. The summed E-state index contributed by atoms with van der Waals surface area (Å²) >= 11 is 0. The van der Waals surface area contributed by atoms with Crippen LogP contribution in [-0.4, -0.2) is 42.3 Å². The molecule has 0 aliphatic carbocycles. The Morgan fingerprint density at radius 2 is 1.51 bits per heavy atom. The average Bonchev–Trinajstić information content (AvgIpc) is 2.92. The summed E-state index contributed by atoms with van der Waals surface area (Å²) in [5, 5.41) is 12.0. The zero-order chi connectivity index (χ0) is 26.3. The first kappa shape index (κ1) is 27.9. The molecule has 0 fully saturated rings. The van der Waals surface area contributed by atoms with Crippen LogP contribution in [0.2, 0.25) is 0 Å². The van der Waals surface area contributed by atoms with Crippen molar-refractivity contribution in [2.75, 3.05) is 13.2 Å². The Labute approximate surface area is 218 Å². The van der Waals surface area contributed by atoms with Crippen molar-refractivity contribution in [3.05, 3.63) is 102 Å². The summed E-state index contributed by atoms with van der Waals surface area (Å²) in [6.45, 7) is 1.10. The summed E-state index contributed by atoms with van der Waals surface area (Å²) in [6, 6.07) is 26.5. The van der Waals surface area contributed by atoms with Gasteiger partial charge < -0.3 is 25.6 Å². The van der Waals surface area contributed by atoms with Gasteiger partial charge in [0.05, 0.1) is 6.61 Å². The number of carbonyl (C=O) groups excluding carboxylic acids is 1. The highest BCUT2D eigenvalue weighted by Gasteiger charge is 2.20. The fourth-order valence-electron chi connectivity index (χ4n) is 3.89. The molecule has 0 saturated carbocycles. The quantitative estimate of drug-likeness (QED) is 0.253. The van der Waals surface area contributed by atoms with Crippen molar-refractivity contribution in [2.24, 2.45) is 5.73 Å². The molecule has 0 bridgehead atoms. The minimum absolute atomic E-state index is 0.0472. The third kappa shape index (κ3) is 10.9. The first-order chi connectivity index (χ1) is 18.0. The Hall–Kier alpha value is -3.68. The summed E-state index contributed by atoms with van der Waals surface area (Å²) in [4.78, 5) is 23.8. The number of aliphatic carboxylic acids is 1. The van der Waals surface area contributed by atoms with Crippen molar-refractivity contribution in [3.8, 4) is 5.75 Å². The number of amides is 1. The van der Waals surface area contributed by atoms with Gasteiger partial charge in [-0.3, -0.25) is 9.59 Å². The lowest BCUT2D eigenvalue weighted by molar-refractivity contribution is -0.137. The van der Waals surface area contributed by atoms with Crippen LogP contribution in [0.5, 0.6) is 5.75 Å². The average molecular weight is 505 g/mol. The highest BCUT2D eigenvalue weighted by molar-refractivity contribution is 5.82. The van der Waals surface area contributed by atoms with E-state index in [1.807, 2.05) is 72.8 Å². The van der Waals surface area contributed by atoms with E-state index >= 15 is 0 Å². The maximum absolute atomic E-state index is 12.7. The number of aryl methyl sites for hydroxylation is 1. The first-order valence-electron chi connectivity index (χ1n) is 12.6. The summed E-state index contributed by atoms with van der Waals surface area (Å²) in [5.74, 6) is -0.513. The van der Waals surface area contributed by atoms with E-state index in [0.717, 1.165) is 29.7 Å². The number of carboxylic acids is 1. The third-order valence-electron chi connectivity index (χ3n) is 5.94. The second-order valence-electron chi connectivity index (χ2n) is 9.03. The van der Waals surface area contributed by atoms with Crippen molar-refractivity contribution in [1.82, 2.24) is 5.32 Å². The number of nitrogens with one attached hydrogen (secondary N) is 1. The molecule has 7 heteroatoms. The summed E-state index contributed by atoms with van der Waals surface area (Å²) in [6.07, 6.45) is 2.48. The Bertz CT molecular complexity index is 1070. The fraction of sp³-hybridized carbons (Fsp3) is 0.333. The second-order valence-corrected chi connectivity index (χ2v) is 9.03. The molecule has 7 nitrogen and oxygen atoms in total. The summed E-state index contributed by atoms with van der Waals surface area (Å²) < 4.78 is 11.4. The van der Waals surface area contributed by atoms with Crippen LogP contribution < -0.4 is 15.8 Å². The zero-order valence-electron chi connectivity index (χ0n) is 21.1. The van der Waals surface area contributed by atoms with Crippen LogP contribution in [0.1, 0.15) is 36.0 Å². The van der Waals surface area contributed by atoms with Gasteiger partial charge in [-0.2, -0.15) is 0 Å². The second kappa shape index (κ2) is 15.4. The standard InChI is InChI=1S/C30H36N2O5/c31-28(22-36-19-7-12-23-8-3-1-4-9-23)30(35)32-26(15-18-29(33)34)20-24-13-16-27(17-14-24)37-21-25-10-5-2-6-11-25/h1-6,8-11,13-14,16-17,26,28H,7,12,15,18-22,31H2,(H,32,35)(H,33,34)/t26-,28?/m0/s1. The predicted molar refractivity (Wildman–Crippen MR) is 143 cm³/mol. The normalized spacial score (nSPS) is 12.5. The summed E-state index contributed by atoms with van der Waals surface area (Å²) in [5.41, 5.74) is 9.33. The molecule has 1 amide bonds. The van der Waals surface area contributed by atoms with Gasteiger partial charge in [-0.15, -0.1) is 0 Å². The van der Waals surface area contributed by atoms with Crippen molar-refractivity contribution in [3.63, 3.8) is 0 Å². The molecule has 0 aromatic heterocycles. The SMILES string of the molecule is NC(COCCCc1ccccc1)C(=O)N[C@@H](CCC(=O)O)Cc1ccc(OCc2ccccc2)cc1. The van der Waals surface area contributed by atoms with Gasteiger partial charge in [-0.05, 0) is 54.5 Å². The number of hydrogen-bond acceptors (Lipinski definition) is 5. The molecular weight excluding hydrogens is 468 g/mol. The minimum atomic E-state index is -0.907. The number of nitrogens with two attached hydrogens (primary N) is 1. The van der Waals surface area contributed by atoms with E-state index in [1.54, 1.807) is 0 Å². The Morgan fingerprint density at radius 1 is 0.865 bits per heavy atom. The third-order valence-corrected chi connectivity index (χ3v) is 5.94. The molecule has 4 N–H and O–H groups in total. The van der Waals surface area contributed by atoms with Gasteiger partial charge in [-0.25, -0.2) is 0 Å². The molecule has 37 heavy (non-hydrogen) atoms. The number of hydrogen-bond donors (Lipinski definition) is 3. The Balaban J connectivity index is 1.44. The van der Waals surface area contributed by atoms with Gasteiger partial charge in [0, 0.05) is 19.1 Å². The van der Waals surface area contributed by atoms with Crippen LogP contribution in [0, 0.1) is 0 Å². The highest BCUT2D eigenvalue weighted by atomic mass is 16.5. The van der Waals surface area contributed by atoms with E-state index in [-0.39, 0.29) is 25.0 Å². The molecule has 196 valence electrons. The molecule has 0 radical (unpaired) electrons. The first-order valence-corrected chi connectivity index (χ1v) is 12.6. The van der Waals surface area contributed by atoms with E-state index in [4.69, 9.17) is 20.3 Å². The molecule has 3 aromatic rings. The van der Waals surface area contributed by atoms with Crippen molar-refractivity contribution in [1.29, 1.82) is 0 Å². The molecule has 0 saturated heterocycles. The molecule has 0 spiro atoms. The highest BCUT2D eigenvalue weighted by Crippen LogP contribution is 2.16.